The van der Waals surface area contributed by atoms with Crippen molar-refractivity contribution >= 4 is 17.3 Å². The smallest absolute Gasteiger partial charge is 0.276 e. The molecule has 0 amide bonds. The summed E-state index contributed by atoms with van der Waals surface area (Å²) < 4.78 is 0. The minimum atomic E-state index is -0.400. The summed E-state index contributed by atoms with van der Waals surface area (Å²) in [6.45, 7) is 4.70. The van der Waals surface area contributed by atoms with Crippen LogP contribution in [0.4, 0.5) is 17.3 Å². The van der Waals surface area contributed by atoms with Gasteiger partial charge in [-0.05, 0) is 26.7 Å². The van der Waals surface area contributed by atoms with E-state index in [9.17, 15) is 10.1 Å². The molecule has 1 aliphatic carbocycles. The first-order valence-electron chi connectivity index (χ1n) is 5.71. The van der Waals surface area contributed by atoms with Crippen LogP contribution in [0, 0.1) is 10.1 Å². The van der Waals surface area contributed by atoms with E-state index in [1.807, 2.05) is 6.92 Å². The minimum Gasteiger partial charge on any atom is -0.370 e. The van der Waals surface area contributed by atoms with Crippen molar-refractivity contribution in [1.82, 2.24) is 4.98 Å². The highest BCUT2D eigenvalue weighted by Gasteiger charge is 2.37. The van der Waals surface area contributed by atoms with Crippen LogP contribution in [0.15, 0.2) is 12.1 Å². The molecule has 2 rings (SSSR count). The first-order valence-corrected chi connectivity index (χ1v) is 5.71. The fourth-order valence-electron chi connectivity index (χ4n) is 1.58. The molecule has 1 aliphatic rings. The Morgan fingerprint density at radius 3 is 2.65 bits per heavy atom. The van der Waals surface area contributed by atoms with E-state index in [4.69, 9.17) is 0 Å². The molecule has 0 spiro atoms. The van der Waals surface area contributed by atoms with E-state index < -0.39 is 4.92 Å². The van der Waals surface area contributed by atoms with E-state index in [2.05, 4.69) is 22.5 Å². The van der Waals surface area contributed by atoms with Gasteiger partial charge in [0.05, 0.1) is 17.1 Å². The standard InChI is InChI=1S/C11H16N4O2/c1-3-12-9-6-8(15(16)17)7-10(13-9)14-11(2)4-5-11/h6-7H,3-5H2,1-2H3,(H2,12,13,14). The van der Waals surface area contributed by atoms with Gasteiger partial charge < -0.3 is 10.6 Å². The maximum Gasteiger partial charge on any atom is 0.276 e. The third kappa shape index (κ3) is 2.83. The average Bonchev–Trinajstić information content (AvgIpc) is 2.96. The van der Waals surface area contributed by atoms with Gasteiger partial charge in [0, 0.05) is 12.1 Å². The number of aromatic nitrogens is 1. The first kappa shape index (κ1) is 11.6. The Balaban J connectivity index is 2.26. The molecule has 0 saturated heterocycles. The summed E-state index contributed by atoms with van der Waals surface area (Å²) >= 11 is 0. The summed E-state index contributed by atoms with van der Waals surface area (Å²) in [5.41, 5.74) is 0.119. The molecule has 6 heteroatoms. The van der Waals surface area contributed by atoms with Crippen LogP contribution in [-0.2, 0) is 0 Å². The second-order valence-corrected chi connectivity index (χ2v) is 4.57. The molecule has 0 aromatic carbocycles. The van der Waals surface area contributed by atoms with Crippen LogP contribution >= 0.6 is 0 Å². The monoisotopic (exact) mass is 236 g/mol. The molecule has 1 heterocycles. The van der Waals surface area contributed by atoms with Gasteiger partial charge in [0.15, 0.2) is 0 Å². The van der Waals surface area contributed by atoms with Crippen LogP contribution in [-0.4, -0.2) is 22.0 Å². The molecule has 17 heavy (non-hydrogen) atoms. The Kier molecular flexibility index (Phi) is 2.87. The Bertz CT molecular complexity index is 443. The van der Waals surface area contributed by atoms with Crippen LogP contribution < -0.4 is 10.6 Å². The van der Waals surface area contributed by atoms with Crippen LogP contribution in [0.25, 0.3) is 0 Å². The number of nitrogens with one attached hydrogen (secondary N) is 2. The van der Waals surface area contributed by atoms with Crippen molar-refractivity contribution in [2.24, 2.45) is 0 Å². The summed E-state index contributed by atoms with van der Waals surface area (Å²) in [5, 5.41) is 17.0. The largest absolute Gasteiger partial charge is 0.370 e. The Morgan fingerprint density at radius 2 is 2.12 bits per heavy atom. The minimum absolute atomic E-state index is 0.0581. The van der Waals surface area contributed by atoms with Crippen LogP contribution in [0.2, 0.25) is 0 Å². The zero-order valence-corrected chi connectivity index (χ0v) is 9.99. The zero-order valence-electron chi connectivity index (χ0n) is 9.99. The maximum absolute atomic E-state index is 10.8. The van der Waals surface area contributed by atoms with E-state index in [0.29, 0.717) is 18.2 Å². The van der Waals surface area contributed by atoms with Gasteiger partial charge in [0.25, 0.3) is 5.69 Å². The predicted octanol–water partition coefficient (Wildman–Crippen LogP) is 2.39. The number of rotatable bonds is 5. The molecule has 2 N–H and O–H groups in total. The lowest BCUT2D eigenvalue weighted by Gasteiger charge is -2.13. The van der Waals surface area contributed by atoms with Gasteiger partial charge in [0.2, 0.25) is 0 Å². The molecule has 1 aromatic rings. The van der Waals surface area contributed by atoms with E-state index in [0.717, 1.165) is 12.8 Å². The van der Waals surface area contributed by atoms with Crippen molar-refractivity contribution in [2.75, 3.05) is 17.2 Å². The number of pyridine rings is 1. The molecule has 1 aromatic heterocycles. The molecule has 1 saturated carbocycles. The summed E-state index contributed by atoms with van der Waals surface area (Å²) in [7, 11) is 0. The van der Waals surface area contributed by atoms with Gasteiger partial charge in [-0.25, -0.2) is 4.98 Å². The van der Waals surface area contributed by atoms with Crippen molar-refractivity contribution in [2.45, 2.75) is 32.2 Å². The van der Waals surface area contributed by atoms with Crippen molar-refractivity contribution in [3.8, 4) is 0 Å². The number of nitrogens with zero attached hydrogens (tertiary/aromatic N) is 2. The molecule has 0 atom stereocenters. The third-order valence-corrected chi connectivity index (χ3v) is 2.81. The normalized spacial score (nSPS) is 16.4. The highest BCUT2D eigenvalue weighted by atomic mass is 16.6. The molecule has 0 bridgehead atoms. The van der Waals surface area contributed by atoms with E-state index in [1.54, 1.807) is 0 Å². The van der Waals surface area contributed by atoms with E-state index >= 15 is 0 Å². The van der Waals surface area contributed by atoms with Gasteiger partial charge in [-0.2, -0.15) is 0 Å². The van der Waals surface area contributed by atoms with Gasteiger partial charge in [-0.1, -0.05) is 0 Å². The van der Waals surface area contributed by atoms with Crippen molar-refractivity contribution in [3.63, 3.8) is 0 Å². The molecule has 92 valence electrons. The molecule has 1 fully saturated rings. The van der Waals surface area contributed by atoms with Crippen LogP contribution in [0.1, 0.15) is 26.7 Å². The fourth-order valence-corrected chi connectivity index (χ4v) is 1.58. The maximum atomic E-state index is 10.8. The lowest BCUT2D eigenvalue weighted by Crippen LogP contribution is -2.17. The lowest BCUT2D eigenvalue weighted by atomic mass is 10.3. The molecule has 0 radical (unpaired) electrons. The number of nitro groups is 1. The lowest BCUT2D eigenvalue weighted by molar-refractivity contribution is -0.384. The van der Waals surface area contributed by atoms with Gasteiger partial charge >= 0.3 is 0 Å². The average molecular weight is 236 g/mol. The zero-order chi connectivity index (χ0) is 12.5. The second kappa shape index (κ2) is 4.20. The topological polar surface area (TPSA) is 80.1 Å². The van der Waals surface area contributed by atoms with Crippen molar-refractivity contribution in [3.05, 3.63) is 22.2 Å². The van der Waals surface area contributed by atoms with E-state index in [1.165, 1.54) is 12.1 Å². The van der Waals surface area contributed by atoms with Crippen LogP contribution in [0.5, 0.6) is 0 Å². The fraction of sp³-hybridized carbons (Fsp3) is 0.545. The second-order valence-electron chi connectivity index (χ2n) is 4.57. The predicted molar refractivity (Wildman–Crippen MR) is 66.3 cm³/mol. The number of hydrogen-bond donors (Lipinski definition) is 2. The third-order valence-electron chi connectivity index (χ3n) is 2.81. The Morgan fingerprint density at radius 1 is 1.47 bits per heavy atom. The summed E-state index contributed by atoms with van der Waals surface area (Å²) in [5.74, 6) is 1.10. The summed E-state index contributed by atoms with van der Waals surface area (Å²) in [4.78, 5) is 14.7. The molecular weight excluding hydrogens is 220 g/mol. The highest BCUT2D eigenvalue weighted by Crippen LogP contribution is 2.38. The summed E-state index contributed by atoms with van der Waals surface area (Å²) in [6, 6.07) is 2.92. The quantitative estimate of drug-likeness (QED) is 0.606. The van der Waals surface area contributed by atoms with Gasteiger partial charge in [-0.15, -0.1) is 0 Å². The molecule has 0 aliphatic heterocycles. The first-order chi connectivity index (χ1) is 8.02. The SMILES string of the molecule is CCNc1cc([N+](=O)[O-])cc(NC2(C)CC2)n1. The Labute approximate surface area is 99.6 Å². The Hall–Kier alpha value is -1.85. The van der Waals surface area contributed by atoms with Gasteiger partial charge in [0.1, 0.15) is 11.6 Å². The van der Waals surface area contributed by atoms with Crippen LogP contribution in [0.3, 0.4) is 0 Å². The van der Waals surface area contributed by atoms with Crippen molar-refractivity contribution in [1.29, 1.82) is 0 Å². The highest BCUT2D eigenvalue weighted by molar-refractivity contribution is 5.56. The van der Waals surface area contributed by atoms with E-state index in [-0.39, 0.29) is 11.2 Å². The van der Waals surface area contributed by atoms with Gasteiger partial charge in [-0.3, -0.25) is 10.1 Å². The summed E-state index contributed by atoms with van der Waals surface area (Å²) in [6.07, 6.45) is 2.15. The number of hydrogen-bond acceptors (Lipinski definition) is 5. The molecule has 0 unspecified atom stereocenters. The molecule has 6 nitrogen and oxygen atoms in total. The molecular formula is C11H16N4O2. The number of anilines is 2. The van der Waals surface area contributed by atoms with Crippen molar-refractivity contribution < 1.29 is 4.92 Å².